The van der Waals surface area contributed by atoms with Gasteiger partial charge >= 0.3 is 0 Å². The van der Waals surface area contributed by atoms with Crippen molar-refractivity contribution in [2.45, 2.75) is 19.3 Å². The third kappa shape index (κ3) is 2.12. The first-order valence-corrected chi connectivity index (χ1v) is 6.01. The van der Waals surface area contributed by atoms with Crippen molar-refractivity contribution in [2.75, 3.05) is 14.2 Å². The minimum absolute atomic E-state index is 0.123. The van der Waals surface area contributed by atoms with Gasteiger partial charge in [0, 0.05) is 5.92 Å². The number of carbonyl (C=O) groups is 1. The lowest BCUT2D eigenvalue weighted by Gasteiger charge is -2.24. The van der Waals surface area contributed by atoms with Crippen LogP contribution in [0.1, 0.15) is 29.6 Å². The molecule has 0 bridgehead atoms. The third-order valence-electron chi connectivity index (χ3n) is 3.23. The molecule has 0 spiro atoms. The van der Waals surface area contributed by atoms with Gasteiger partial charge in [0.1, 0.15) is 10.8 Å². The van der Waals surface area contributed by atoms with Gasteiger partial charge in [-0.1, -0.05) is 18.0 Å². The summed E-state index contributed by atoms with van der Waals surface area (Å²) in [5, 5.41) is 0.361. The summed E-state index contributed by atoms with van der Waals surface area (Å²) >= 11 is 6.12. The summed E-state index contributed by atoms with van der Waals surface area (Å²) in [5.41, 5.74) is 0.558. The highest BCUT2D eigenvalue weighted by Gasteiger charge is 2.29. The van der Waals surface area contributed by atoms with Crippen LogP contribution in [0.15, 0.2) is 12.1 Å². The zero-order valence-electron chi connectivity index (χ0n) is 9.96. The van der Waals surface area contributed by atoms with Crippen LogP contribution in [-0.2, 0) is 0 Å². The molecular weight excluding hydrogens is 240 g/mol. The number of benzene rings is 1. The van der Waals surface area contributed by atoms with Crippen LogP contribution in [0.5, 0.6) is 11.5 Å². The van der Waals surface area contributed by atoms with Gasteiger partial charge in [0.25, 0.3) is 0 Å². The van der Waals surface area contributed by atoms with E-state index in [-0.39, 0.29) is 11.7 Å². The predicted octanol–water partition coefficient (Wildman–Crippen LogP) is 3.34. The smallest absolute Gasteiger partial charge is 0.169 e. The molecule has 0 heterocycles. The second-order valence-electron chi connectivity index (χ2n) is 4.15. The van der Waals surface area contributed by atoms with Gasteiger partial charge in [-0.05, 0) is 25.0 Å². The molecule has 4 heteroatoms. The van der Waals surface area contributed by atoms with Crippen LogP contribution in [0.2, 0.25) is 5.02 Å². The molecule has 0 aromatic heterocycles. The SMILES string of the molecule is COc1ccc(C(=O)C2CCC2)c(OC)c1Cl. The van der Waals surface area contributed by atoms with Gasteiger partial charge in [-0.25, -0.2) is 0 Å². The molecule has 3 nitrogen and oxygen atoms in total. The largest absolute Gasteiger partial charge is 0.495 e. The standard InChI is InChI=1S/C13H15ClO3/c1-16-10-7-6-9(13(17-2)11(10)14)12(15)8-4-3-5-8/h6-8H,3-5H2,1-2H3. The molecule has 0 unspecified atom stereocenters. The van der Waals surface area contributed by atoms with Crippen molar-refractivity contribution < 1.29 is 14.3 Å². The van der Waals surface area contributed by atoms with Gasteiger partial charge in [-0.15, -0.1) is 0 Å². The molecule has 1 saturated carbocycles. The summed E-state index contributed by atoms with van der Waals surface area (Å²) in [6.07, 6.45) is 3.06. The first kappa shape index (κ1) is 12.2. The Morgan fingerprint density at radius 2 is 2.00 bits per heavy atom. The number of rotatable bonds is 4. The molecule has 17 heavy (non-hydrogen) atoms. The Kier molecular flexibility index (Phi) is 3.57. The van der Waals surface area contributed by atoms with E-state index >= 15 is 0 Å². The summed E-state index contributed by atoms with van der Waals surface area (Å²) in [6, 6.07) is 3.43. The molecule has 92 valence electrons. The fraction of sp³-hybridized carbons (Fsp3) is 0.462. The second kappa shape index (κ2) is 4.96. The molecule has 1 aromatic carbocycles. The molecule has 0 radical (unpaired) electrons. The maximum Gasteiger partial charge on any atom is 0.169 e. The Morgan fingerprint density at radius 3 is 2.47 bits per heavy atom. The molecular formula is C13H15ClO3. The number of carbonyl (C=O) groups excluding carboxylic acids is 1. The zero-order valence-corrected chi connectivity index (χ0v) is 10.7. The van der Waals surface area contributed by atoms with Crippen LogP contribution in [0, 0.1) is 5.92 Å². The molecule has 1 aliphatic carbocycles. The van der Waals surface area contributed by atoms with E-state index in [4.69, 9.17) is 21.1 Å². The molecule has 0 saturated heterocycles. The zero-order chi connectivity index (χ0) is 12.4. The first-order chi connectivity index (χ1) is 8.19. The predicted molar refractivity (Wildman–Crippen MR) is 66.2 cm³/mol. The van der Waals surface area contributed by atoms with Crippen LogP contribution < -0.4 is 9.47 Å². The lowest BCUT2D eigenvalue weighted by molar-refractivity contribution is 0.0852. The summed E-state index contributed by atoms with van der Waals surface area (Å²) in [5.74, 6) is 1.20. The van der Waals surface area contributed by atoms with E-state index < -0.39 is 0 Å². The Balaban J connectivity index is 2.39. The Hall–Kier alpha value is -1.22. The van der Waals surface area contributed by atoms with Gasteiger partial charge < -0.3 is 9.47 Å². The lowest BCUT2D eigenvalue weighted by atomic mass is 9.80. The highest BCUT2D eigenvalue weighted by Crippen LogP contribution is 2.40. The molecule has 0 amide bonds. The van der Waals surface area contributed by atoms with Crippen molar-refractivity contribution in [3.63, 3.8) is 0 Å². The normalized spacial score (nSPS) is 15.2. The van der Waals surface area contributed by atoms with Crippen molar-refractivity contribution >= 4 is 17.4 Å². The van der Waals surface area contributed by atoms with E-state index in [1.54, 1.807) is 12.1 Å². The molecule has 1 aliphatic rings. The average Bonchev–Trinajstić information content (AvgIpc) is 2.26. The average molecular weight is 255 g/mol. The van der Waals surface area contributed by atoms with E-state index in [9.17, 15) is 4.79 Å². The minimum Gasteiger partial charge on any atom is -0.495 e. The molecule has 1 fully saturated rings. The van der Waals surface area contributed by atoms with Crippen molar-refractivity contribution in [1.29, 1.82) is 0 Å². The van der Waals surface area contributed by atoms with E-state index in [0.29, 0.717) is 22.1 Å². The van der Waals surface area contributed by atoms with Gasteiger partial charge in [0.15, 0.2) is 11.5 Å². The molecule has 0 aliphatic heterocycles. The van der Waals surface area contributed by atoms with Crippen molar-refractivity contribution in [1.82, 2.24) is 0 Å². The number of Topliss-reactive ketones (excluding diaryl/α,β-unsaturated/α-hetero) is 1. The molecule has 2 rings (SSSR count). The lowest BCUT2D eigenvalue weighted by Crippen LogP contribution is -2.22. The monoisotopic (exact) mass is 254 g/mol. The van der Waals surface area contributed by atoms with Gasteiger partial charge in [-0.2, -0.15) is 0 Å². The Labute approximate surface area is 106 Å². The topological polar surface area (TPSA) is 35.5 Å². The van der Waals surface area contributed by atoms with E-state index in [0.717, 1.165) is 19.3 Å². The Morgan fingerprint density at radius 1 is 1.29 bits per heavy atom. The van der Waals surface area contributed by atoms with Crippen LogP contribution in [0.25, 0.3) is 0 Å². The summed E-state index contributed by atoms with van der Waals surface area (Å²) in [6.45, 7) is 0. The van der Waals surface area contributed by atoms with Crippen LogP contribution in [-0.4, -0.2) is 20.0 Å². The van der Waals surface area contributed by atoms with Crippen molar-refractivity contribution in [3.05, 3.63) is 22.7 Å². The number of ether oxygens (including phenoxy) is 2. The van der Waals surface area contributed by atoms with E-state index in [2.05, 4.69) is 0 Å². The van der Waals surface area contributed by atoms with Crippen molar-refractivity contribution in [3.8, 4) is 11.5 Å². The third-order valence-corrected chi connectivity index (χ3v) is 3.59. The maximum absolute atomic E-state index is 12.2. The highest BCUT2D eigenvalue weighted by molar-refractivity contribution is 6.34. The summed E-state index contributed by atoms with van der Waals surface area (Å²) in [7, 11) is 3.05. The number of methoxy groups -OCH3 is 2. The Bertz CT molecular complexity index is 439. The second-order valence-corrected chi connectivity index (χ2v) is 4.53. The summed E-state index contributed by atoms with van der Waals surface area (Å²) < 4.78 is 10.3. The maximum atomic E-state index is 12.2. The molecule has 0 atom stereocenters. The van der Waals surface area contributed by atoms with Crippen LogP contribution in [0.3, 0.4) is 0 Å². The van der Waals surface area contributed by atoms with Gasteiger partial charge in [0.2, 0.25) is 0 Å². The molecule has 1 aromatic rings. The number of hydrogen-bond acceptors (Lipinski definition) is 3. The van der Waals surface area contributed by atoms with Crippen molar-refractivity contribution in [2.24, 2.45) is 5.92 Å². The quantitative estimate of drug-likeness (QED) is 0.773. The van der Waals surface area contributed by atoms with Crippen LogP contribution >= 0.6 is 11.6 Å². The van der Waals surface area contributed by atoms with E-state index in [1.165, 1.54) is 14.2 Å². The van der Waals surface area contributed by atoms with Gasteiger partial charge in [0.05, 0.1) is 19.8 Å². The molecule has 0 N–H and O–H groups in total. The number of halogens is 1. The number of hydrogen-bond donors (Lipinski definition) is 0. The minimum atomic E-state index is 0.123. The van der Waals surface area contributed by atoms with Gasteiger partial charge in [-0.3, -0.25) is 4.79 Å². The van der Waals surface area contributed by atoms with E-state index in [1.807, 2.05) is 0 Å². The fourth-order valence-electron chi connectivity index (χ4n) is 1.98. The fourth-order valence-corrected chi connectivity index (χ4v) is 2.30. The van der Waals surface area contributed by atoms with Crippen LogP contribution in [0.4, 0.5) is 0 Å². The number of ketones is 1. The first-order valence-electron chi connectivity index (χ1n) is 5.63. The highest BCUT2D eigenvalue weighted by atomic mass is 35.5. The summed E-state index contributed by atoms with van der Waals surface area (Å²) in [4.78, 5) is 12.2.